The molecule has 2 rings (SSSR count). The number of methoxy groups -OCH3 is 1. The van der Waals surface area contributed by atoms with Gasteiger partial charge in [0.25, 0.3) is 0 Å². The molecule has 0 spiro atoms. The second kappa shape index (κ2) is 13.2. The molecule has 0 radical (unpaired) electrons. The van der Waals surface area contributed by atoms with Crippen LogP contribution in [-0.2, 0) is 16.0 Å². The van der Waals surface area contributed by atoms with E-state index in [4.69, 9.17) is 18.9 Å². The number of aliphatic imine (C=N–C) groups is 1. The number of hydrogen-bond acceptors (Lipinski definition) is 5. The quantitative estimate of drug-likeness (QED) is 0.342. The Morgan fingerprint density at radius 2 is 2.04 bits per heavy atom. The first-order valence-electron chi connectivity index (χ1n) is 10.2. The van der Waals surface area contributed by atoms with Crippen molar-refractivity contribution in [2.45, 2.75) is 32.7 Å². The molecule has 158 valence electrons. The van der Waals surface area contributed by atoms with E-state index in [2.05, 4.69) is 15.6 Å². The molecule has 1 saturated heterocycles. The molecule has 0 unspecified atom stereocenters. The summed E-state index contributed by atoms with van der Waals surface area (Å²) in [6, 6.07) is 5.94. The Bertz CT molecular complexity index is 589. The maximum atomic E-state index is 5.79. The standard InChI is InChI=1S/C21H35N3O4/c1-4-28-19-7-6-18(14-20(19)25-3)15-24-21(22-2)23-10-5-11-27-16-17-8-12-26-13-9-17/h6-7,14,17H,4-5,8-13,15-16H2,1-3H3,(H2,22,23,24). The zero-order valence-electron chi connectivity index (χ0n) is 17.5. The lowest BCUT2D eigenvalue weighted by atomic mass is 10.0. The topological polar surface area (TPSA) is 73.3 Å². The fourth-order valence-electron chi connectivity index (χ4n) is 3.05. The van der Waals surface area contributed by atoms with Crippen molar-refractivity contribution >= 4 is 5.96 Å². The van der Waals surface area contributed by atoms with Crippen molar-refractivity contribution < 1.29 is 18.9 Å². The molecule has 0 atom stereocenters. The number of benzene rings is 1. The summed E-state index contributed by atoms with van der Waals surface area (Å²) < 4.78 is 22.1. The molecule has 0 aliphatic carbocycles. The van der Waals surface area contributed by atoms with Crippen LogP contribution in [0.15, 0.2) is 23.2 Å². The minimum absolute atomic E-state index is 0.614. The summed E-state index contributed by atoms with van der Waals surface area (Å²) in [4.78, 5) is 4.27. The van der Waals surface area contributed by atoms with Crippen molar-refractivity contribution in [3.8, 4) is 11.5 Å². The van der Waals surface area contributed by atoms with Crippen LogP contribution in [0, 0.1) is 5.92 Å². The van der Waals surface area contributed by atoms with Crippen LogP contribution in [0.3, 0.4) is 0 Å². The molecule has 2 N–H and O–H groups in total. The van der Waals surface area contributed by atoms with Crippen LogP contribution in [0.4, 0.5) is 0 Å². The molecule has 7 nitrogen and oxygen atoms in total. The van der Waals surface area contributed by atoms with E-state index >= 15 is 0 Å². The zero-order valence-corrected chi connectivity index (χ0v) is 17.5. The molecular weight excluding hydrogens is 358 g/mol. The van der Waals surface area contributed by atoms with Gasteiger partial charge < -0.3 is 29.6 Å². The molecule has 7 heteroatoms. The smallest absolute Gasteiger partial charge is 0.191 e. The highest BCUT2D eigenvalue weighted by molar-refractivity contribution is 5.79. The van der Waals surface area contributed by atoms with Crippen LogP contribution in [0.25, 0.3) is 0 Å². The molecule has 0 saturated carbocycles. The fraction of sp³-hybridized carbons (Fsp3) is 0.667. The molecule has 1 aliphatic heterocycles. The maximum Gasteiger partial charge on any atom is 0.191 e. The number of ether oxygens (including phenoxy) is 4. The lowest BCUT2D eigenvalue weighted by molar-refractivity contribution is 0.0203. The van der Waals surface area contributed by atoms with Crippen LogP contribution in [0.5, 0.6) is 11.5 Å². The van der Waals surface area contributed by atoms with E-state index in [0.717, 1.165) is 75.3 Å². The molecule has 1 heterocycles. The van der Waals surface area contributed by atoms with Crippen molar-refractivity contribution in [2.75, 3.05) is 53.7 Å². The van der Waals surface area contributed by atoms with E-state index in [0.29, 0.717) is 19.1 Å². The molecule has 1 aliphatic rings. The summed E-state index contributed by atoms with van der Waals surface area (Å²) in [6.45, 7) is 7.40. The van der Waals surface area contributed by atoms with Crippen molar-refractivity contribution in [3.63, 3.8) is 0 Å². The van der Waals surface area contributed by atoms with Crippen LogP contribution >= 0.6 is 0 Å². The van der Waals surface area contributed by atoms with Gasteiger partial charge in [0.05, 0.1) is 13.7 Å². The largest absolute Gasteiger partial charge is 0.493 e. The Hall–Kier alpha value is -1.99. The Balaban J connectivity index is 1.63. The van der Waals surface area contributed by atoms with Crippen molar-refractivity contribution in [1.29, 1.82) is 0 Å². The normalized spacial score (nSPS) is 15.3. The number of nitrogens with one attached hydrogen (secondary N) is 2. The highest BCUT2D eigenvalue weighted by Gasteiger charge is 2.13. The monoisotopic (exact) mass is 393 g/mol. The molecule has 1 aromatic carbocycles. The van der Waals surface area contributed by atoms with Gasteiger partial charge in [-0.15, -0.1) is 0 Å². The Morgan fingerprint density at radius 3 is 2.75 bits per heavy atom. The molecule has 0 bridgehead atoms. The van der Waals surface area contributed by atoms with Gasteiger partial charge in [-0.2, -0.15) is 0 Å². The lowest BCUT2D eigenvalue weighted by Crippen LogP contribution is -2.37. The van der Waals surface area contributed by atoms with Gasteiger partial charge in [-0.3, -0.25) is 4.99 Å². The summed E-state index contributed by atoms with van der Waals surface area (Å²) in [7, 11) is 3.43. The van der Waals surface area contributed by atoms with Gasteiger partial charge in [-0.05, 0) is 49.8 Å². The first-order valence-corrected chi connectivity index (χ1v) is 10.2. The van der Waals surface area contributed by atoms with Gasteiger partial charge in [0.15, 0.2) is 17.5 Å². The minimum atomic E-state index is 0.614. The highest BCUT2D eigenvalue weighted by atomic mass is 16.5. The third kappa shape index (κ3) is 7.94. The third-order valence-corrected chi connectivity index (χ3v) is 4.66. The summed E-state index contributed by atoms with van der Waals surface area (Å²) in [6.07, 6.45) is 3.18. The van der Waals surface area contributed by atoms with E-state index in [-0.39, 0.29) is 0 Å². The van der Waals surface area contributed by atoms with Gasteiger partial charge >= 0.3 is 0 Å². The zero-order chi connectivity index (χ0) is 20.0. The summed E-state index contributed by atoms with van der Waals surface area (Å²) in [5, 5.41) is 6.64. The SMILES string of the molecule is CCOc1ccc(CNC(=NC)NCCCOCC2CCOCC2)cc1OC. The maximum absolute atomic E-state index is 5.79. The van der Waals surface area contributed by atoms with Crippen LogP contribution < -0.4 is 20.1 Å². The van der Waals surface area contributed by atoms with Crippen molar-refractivity contribution in [1.82, 2.24) is 10.6 Å². The molecule has 1 fully saturated rings. The van der Waals surface area contributed by atoms with E-state index in [1.165, 1.54) is 0 Å². The number of guanidine groups is 1. The molecular formula is C21H35N3O4. The molecule has 0 aromatic heterocycles. The molecule has 1 aromatic rings. The number of rotatable bonds is 11. The van der Waals surface area contributed by atoms with E-state index < -0.39 is 0 Å². The Labute approximate surface area is 168 Å². The van der Waals surface area contributed by atoms with Crippen LogP contribution in [0.2, 0.25) is 0 Å². The van der Waals surface area contributed by atoms with Gasteiger partial charge in [0.1, 0.15) is 0 Å². The second-order valence-corrected chi connectivity index (χ2v) is 6.75. The lowest BCUT2D eigenvalue weighted by Gasteiger charge is -2.21. The first-order chi connectivity index (χ1) is 13.8. The first kappa shape index (κ1) is 22.3. The summed E-state index contributed by atoms with van der Waals surface area (Å²) in [5.41, 5.74) is 1.10. The van der Waals surface area contributed by atoms with E-state index in [1.807, 2.05) is 25.1 Å². The summed E-state index contributed by atoms with van der Waals surface area (Å²) in [5.74, 6) is 2.93. The van der Waals surface area contributed by atoms with E-state index in [9.17, 15) is 0 Å². The number of hydrogen-bond donors (Lipinski definition) is 2. The second-order valence-electron chi connectivity index (χ2n) is 6.75. The minimum Gasteiger partial charge on any atom is -0.493 e. The van der Waals surface area contributed by atoms with Crippen LogP contribution in [0.1, 0.15) is 31.7 Å². The van der Waals surface area contributed by atoms with Gasteiger partial charge in [0, 0.05) is 46.6 Å². The van der Waals surface area contributed by atoms with Crippen molar-refractivity contribution in [2.24, 2.45) is 10.9 Å². The predicted octanol–water partition coefficient (Wildman–Crippen LogP) is 2.59. The van der Waals surface area contributed by atoms with Gasteiger partial charge in [-0.1, -0.05) is 6.07 Å². The van der Waals surface area contributed by atoms with Crippen LogP contribution in [-0.4, -0.2) is 59.7 Å². The van der Waals surface area contributed by atoms with E-state index in [1.54, 1.807) is 14.2 Å². The van der Waals surface area contributed by atoms with Gasteiger partial charge in [-0.25, -0.2) is 0 Å². The average molecular weight is 394 g/mol. The summed E-state index contributed by atoms with van der Waals surface area (Å²) >= 11 is 0. The highest BCUT2D eigenvalue weighted by Crippen LogP contribution is 2.27. The predicted molar refractivity (Wildman–Crippen MR) is 111 cm³/mol. The fourth-order valence-corrected chi connectivity index (χ4v) is 3.05. The molecule has 28 heavy (non-hydrogen) atoms. The molecule has 0 amide bonds. The Morgan fingerprint density at radius 1 is 1.21 bits per heavy atom. The average Bonchev–Trinajstić information content (AvgIpc) is 2.74. The van der Waals surface area contributed by atoms with Gasteiger partial charge in [0.2, 0.25) is 0 Å². The van der Waals surface area contributed by atoms with Crippen molar-refractivity contribution in [3.05, 3.63) is 23.8 Å². The third-order valence-electron chi connectivity index (χ3n) is 4.66. The Kier molecular flexibility index (Phi) is 10.5. The number of nitrogens with zero attached hydrogens (tertiary/aromatic N) is 1.